The number of rotatable bonds is 9. The molecule has 1 unspecified atom stereocenters. The second-order valence-corrected chi connectivity index (χ2v) is 9.70. The van der Waals surface area contributed by atoms with Crippen molar-refractivity contribution >= 4 is 17.7 Å². The standard InChI is InChI=1S/C29H29N3O4S/c1-34-23-12-10-21(11-13-23)28-24(18-32(30-28)22-7-5-4-6-8-22)29-31(27(33)19-37-29)16-15-20-9-14-25(35-2)26(17-20)36-3/h4-14,17-18,29H,15-16,19H2,1-3H3. The Kier molecular flexibility index (Phi) is 7.37. The third-order valence-electron chi connectivity index (χ3n) is 6.45. The molecule has 8 heteroatoms. The van der Waals surface area contributed by atoms with Crippen LogP contribution in [0.1, 0.15) is 16.5 Å². The molecule has 0 aliphatic carbocycles. The highest BCUT2D eigenvalue weighted by Crippen LogP contribution is 2.43. The van der Waals surface area contributed by atoms with Crippen molar-refractivity contribution in [2.45, 2.75) is 11.8 Å². The summed E-state index contributed by atoms with van der Waals surface area (Å²) in [7, 11) is 4.91. The fourth-order valence-corrected chi connectivity index (χ4v) is 5.71. The molecule has 1 saturated heterocycles. The topological polar surface area (TPSA) is 65.8 Å². The number of hydrogen-bond acceptors (Lipinski definition) is 6. The van der Waals surface area contributed by atoms with Crippen LogP contribution in [0, 0.1) is 0 Å². The smallest absolute Gasteiger partial charge is 0.233 e. The minimum absolute atomic E-state index is 0.128. The monoisotopic (exact) mass is 515 g/mol. The molecule has 1 aromatic heterocycles. The molecule has 1 fully saturated rings. The van der Waals surface area contributed by atoms with Gasteiger partial charge in [-0.2, -0.15) is 5.10 Å². The molecule has 1 atom stereocenters. The number of thioether (sulfide) groups is 1. The number of carbonyl (C=O) groups is 1. The SMILES string of the molecule is COc1ccc(-c2nn(-c3ccccc3)cc2C2SCC(=O)N2CCc2ccc(OC)c(OC)c2)cc1. The first kappa shape index (κ1) is 24.8. The van der Waals surface area contributed by atoms with Gasteiger partial charge in [-0.25, -0.2) is 4.68 Å². The molecule has 1 amide bonds. The van der Waals surface area contributed by atoms with Crippen LogP contribution in [-0.4, -0.2) is 54.2 Å². The van der Waals surface area contributed by atoms with Crippen molar-refractivity contribution in [1.29, 1.82) is 0 Å². The number of aromatic nitrogens is 2. The second-order valence-electron chi connectivity index (χ2n) is 8.63. The van der Waals surface area contributed by atoms with E-state index in [9.17, 15) is 4.79 Å². The molecular weight excluding hydrogens is 486 g/mol. The van der Waals surface area contributed by atoms with Crippen molar-refractivity contribution in [2.75, 3.05) is 33.6 Å². The van der Waals surface area contributed by atoms with E-state index in [2.05, 4.69) is 6.20 Å². The van der Waals surface area contributed by atoms with Gasteiger partial charge in [-0.1, -0.05) is 24.3 Å². The fraction of sp³-hybridized carbons (Fsp3) is 0.241. The molecule has 1 aliphatic heterocycles. The van der Waals surface area contributed by atoms with Crippen LogP contribution in [0.3, 0.4) is 0 Å². The van der Waals surface area contributed by atoms with Gasteiger partial charge in [0.05, 0.1) is 38.5 Å². The summed E-state index contributed by atoms with van der Waals surface area (Å²) in [6.07, 6.45) is 2.75. The number of methoxy groups -OCH3 is 3. The minimum atomic E-state index is -0.137. The van der Waals surface area contributed by atoms with Crippen LogP contribution in [0.2, 0.25) is 0 Å². The van der Waals surface area contributed by atoms with E-state index in [0.717, 1.165) is 33.8 Å². The molecule has 0 N–H and O–H groups in total. The maximum absolute atomic E-state index is 13.0. The van der Waals surface area contributed by atoms with Gasteiger partial charge in [0.15, 0.2) is 11.5 Å². The van der Waals surface area contributed by atoms with E-state index < -0.39 is 0 Å². The normalized spacial score (nSPS) is 15.2. The first-order chi connectivity index (χ1) is 18.1. The van der Waals surface area contributed by atoms with Crippen LogP contribution in [0.4, 0.5) is 0 Å². The van der Waals surface area contributed by atoms with Gasteiger partial charge in [0, 0.05) is 23.9 Å². The lowest BCUT2D eigenvalue weighted by Gasteiger charge is -2.24. The highest BCUT2D eigenvalue weighted by molar-refractivity contribution is 8.00. The number of para-hydroxylation sites is 1. The van der Waals surface area contributed by atoms with Crippen LogP contribution in [0.25, 0.3) is 16.9 Å². The summed E-state index contributed by atoms with van der Waals surface area (Å²) in [5.41, 5.74) is 4.89. The molecule has 190 valence electrons. The Morgan fingerprint density at radius 3 is 2.38 bits per heavy atom. The van der Waals surface area contributed by atoms with Crippen molar-refractivity contribution in [3.63, 3.8) is 0 Å². The predicted molar refractivity (Wildman–Crippen MR) is 146 cm³/mol. The third kappa shape index (κ3) is 5.15. The van der Waals surface area contributed by atoms with Crippen LogP contribution in [-0.2, 0) is 11.2 Å². The molecule has 0 spiro atoms. The Hall–Kier alpha value is -3.91. The van der Waals surface area contributed by atoms with E-state index in [4.69, 9.17) is 19.3 Å². The van der Waals surface area contributed by atoms with Crippen LogP contribution < -0.4 is 14.2 Å². The van der Waals surface area contributed by atoms with Gasteiger partial charge in [-0.15, -0.1) is 11.8 Å². The van der Waals surface area contributed by atoms with E-state index in [-0.39, 0.29) is 11.3 Å². The number of hydrogen-bond donors (Lipinski definition) is 0. The second kappa shape index (κ2) is 11.0. The number of carbonyl (C=O) groups excluding carboxylic acids is 1. The molecule has 3 aromatic carbocycles. The number of amides is 1. The van der Waals surface area contributed by atoms with Crippen molar-refractivity contribution < 1.29 is 19.0 Å². The van der Waals surface area contributed by atoms with E-state index in [1.54, 1.807) is 33.1 Å². The zero-order valence-corrected chi connectivity index (χ0v) is 21.9. The van der Waals surface area contributed by atoms with Crippen molar-refractivity contribution in [3.8, 4) is 34.2 Å². The highest BCUT2D eigenvalue weighted by Gasteiger charge is 2.35. The molecule has 0 radical (unpaired) electrons. The predicted octanol–water partition coefficient (Wildman–Crippen LogP) is 5.38. The van der Waals surface area contributed by atoms with E-state index >= 15 is 0 Å². The molecule has 7 nitrogen and oxygen atoms in total. The molecule has 0 bridgehead atoms. The summed E-state index contributed by atoms with van der Waals surface area (Å²) >= 11 is 1.64. The number of ether oxygens (including phenoxy) is 3. The number of benzene rings is 3. The van der Waals surface area contributed by atoms with Gasteiger partial charge in [-0.05, 0) is 60.5 Å². The zero-order valence-electron chi connectivity index (χ0n) is 21.1. The quantitative estimate of drug-likeness (QED) is 0.298. The lowest BCUT2D eigenvalue weighted by molar-refractivity contribution is -0.128. The zero-order chi connectivity index (χ0) is 25.8. The van der Waals surface area contributed by atoms with E-state index in [1.807, 2.05) is 82.4 Å². The van der Waals surface area contributed by atoms with Crippen molar-refractivity contribution in [1.82, 2.24) is 14.7 Å². The molecule has 5 rings (SSSR count). The summed E-state index contributed by atoms with van der Waals surface area (Å²) in [4.78, 5) is 15.0. The minimum Gasteiger partial charge on any atom is -0.497 e. The Bertz CT molecular complexity index is 1370. The van der Waals surface area contributed by atoms with Gasteiger partial charge >= 0.3 is 0 Å². The largest absolute Gasteiger partial charge is 0.497 e. The van der Waals surface area contributed by atoms with Crippen LogP contribution in [0.15, 0.2) is 79.0 Å². The molecule has 0 saturated carbocycles. The van der Waals surface area contributed by atoms with Gasteiger partial charge in [0.25, 0.3) is 0 Å². The first-order valence-corrected chi connectivity index (χ1v) is 13.1. The van der Waals surface area contributed by atoms with Crippen LogP contribution >= 0.6 is 11.8 Å². The maximum atomic E-state index is 13.0. The Balaban J connectivity index is 1.47. The summed E-state index contributed by atoms with van der Waals surface area (Å²) in [6.45, 7) is 0.588. The Labute approximate surface area is 221 Å². The van der Waals surface area contributed by atoms with E-state index in [1.165, 1.54) is 0 Å². The summed E-state index contributed by atoms with van der Waals surface area (Å²) in [5.74, 6) is 2.73. The van der Waals surface area contributed by atoms with Gasteiger partial charge < -0.3 is 19.1 Å². The Morgan fingerprint density at radius 1 is 0.919 bits per heavy atom. The summed E-state index contributed by atoms with van der Waals surface area (Å²) < 4.78 is 18.1. The Morgan fingerprint density at radius 2 is 1.68 bits per heavy atom. The number of nitrogens with zero attached hydrogens (tertiary/aromatic N) is 3. The van der Waals surface area contributed by atoms with Crippen molar-refractivity contribution in [3.05, 3.63) is 90.1 Å². The van der Waals surface area contributed by atoms with E-state index in [0.29, 0.717) is 30.2 Å². The molecule has 1 aliphatic rings. The van der Waals surface area contributed by atoms with Gasteiger partial charge in [0.1, 0.15) is 11.1 Å². The van der Waals surface area contributed by atoms with Gasteiger partial charge in [-0.3, -0.25) is 4.79 Å². The lowest BCUT2D eigenvalue weighted by Crippen LogP contribution is -2.30. The van der Waals surface area contributed by atoms with Crippen LogP contribution in [0.5, 0.6) is 17.2 Å². The molecule has 2 heterocycles. The maximum Gasteiger partial charge on any atom is 0.233 e. The first-order valence-electron chi connectivity index (χ1n) is 12.0. The third-order valence-corrected chi connectivity index (χ3v) is 7.69. The average Bonchev–Trinajstić information content (AvgIpc) is 3.55. The van der Waals surface area contributed by atoms with Crippen molar-refractivity contribution in [2.24, 2.45) is 0 Å². The highest BCUT2D eigenvalue weighted by atomic mass is 32.2. The average molecular weight is 516 g/mol. The summed E-state index contributed by atoms with van der Waals surface area (Å²) in [5, 5.41) is 4.83. The van der Waals surface area contributed by atoms with Gasteiger partial charge in [0.2, 0.25) is 5.91 Å². The molecule has 37 heavy (non-hydrogen) atoms. The lowest BCUT2D eigenvalue weighted by atomic mass is 10.1. The summed E-state index contributed by atoms with van der Waals surface area (Å²) in [6, 6.07) is 23.8. The molecule has 4 aromatic rings. The molecular formula is C29H29N3O4S. The fourth-order valence-electron chi connectivity index (χ4n) is 4.49.